The van der Waals surface area contributed by atoms with Gasteiger partial charge in [0, 0.05) is 38.4 Å². The predicted octanol–water partition coefficient (Wildman–Crippen LogP) is -0.320. The molecule has 1 aliphatic heterocycles. The van der Waals surface area contributed by atoms with Crippen molar-refractivity contribution in [2.24, 2.45) is 0 Å². The number of benzene rings is 1. The van der Waals surface area contributed by atoms with E-state index in [9.17, 15) is 30.5 Å². The van der Waals surface area contributed by atoms with E-state index in [0.29, 0.717) is 0 Å². The zero-order valence-electron chi connectivity index (χ0n) is 19.9. The SMILES string of the molecule is CO[C@H]1[C@@H](OC)C[C@H](O[C@@H]2O[C@H](CO)[C@@H](O)[C@H](O)[C@H]2O)/C(=C/C#N)[C@@H]1OC(=O)/C=C/c1ccccc1. The van der Waals surface area contributed by atoms with Crippen LogP contribution in [0.15, 0.2) is 48.1 Å². The monoisotopic (exact) mass is 505 g/mol. The molecule has 11 nitrogen and oxygen atoms in total. The van der Waals surface area contributed by atoms with Gasteiger partial charge in [0.2, 0.25) is 0 Å². The highest BCUT2D eigenvalue weighted by Crippen LogP contribution is 2.35. The number of nitriles is 1. The summed E-state index contributed by atoms with van der Waals surface area (Å²) in [5, 5.41) is 49.4. The number of methoxy groups -OCH3 is 2. The van der Waals surface area contributed by atoms with Crippen molar-refractivity contribution >= 4 is 12.0 Å². The van der Waals surface area contributed by atoms with Gasteiger partial charge in [-0.15, -0.1) is 0 Å². The Morgan fingerprint density at radius 3 is 2.47 bits per heavy atom. The van der Waals surface area contributed by atoms with E-state index >= 15 is 0 Å². The molecule has 1 saturated heterocycles. The maximum atomic E-state index is 12.7. The molecule has 0 amide bonds. The molecule has 4 N–H and O–H groups in total. The number of hydrogen-bond donors (Lipinski definition) is 4. The molecule has 11 heteroatoms. The van der Waals surface area contributed by atoms with Crippen LogP contribution in [0, 0.1) is 11.3 Å². The van der Waals surface area contributed by atoms with Crippen LogP contribution in [-0.2, 0) is 28.5 Å². The molecule has 0 spiro atoms. The van der Waals surface area contributed by atoms with Gasteiger partial charge in [0.25, 0.3) is 0 Å². The number of rotatable bonds is 8. The highest BCUT2D eigenvalue weighted by atomic mass is 16.7. The van der Waals surface area contributed by atoms with E-state index in [0.717, 1.165) is 11.6 Å². The molecule has 196 valence electrons. The molecular weight excluding hydrogens is 474 g/mol. The first-order valence-corrected chi connectivity index (χ1v) is 11.4. The number of aliphatic hydroxyl groups excluding tert-OH is 4. The Balaban J connectivity index is 1.85. The van der Waals surface area contributed by atoms with Gasteiger partial charge in [0.1, 0.15) is 30.5 Å². The zero-order valence-corrected chi connectivity index (χ0v) is 19.9. The number of aliphatic hydroxyl groups is 4. The zero-order chi connectivity index (χ0) is 26.2. The van der Waals surface area contributed by atoms with E-state index in [4.69, 9.17) is 23.7 Å². The maximum absolute atomic E-state index is 12.7. The van der Waals surface area contributed by atoms with Crippen LogP contribution in [0.2, 0.25) is 0 Å². The topological polar surface area (TPSA) is 168 Å². The second kappa shape index (κ2) is 13.0. The van der Waals surface area contributed by atoms with Crippen molar-refractivity contribution in [2.75, 3.05) is 20.8 Å². The molecule has 1 aromatic rings. The first-order valence-electron chi connectivity index (χ1n) is 11.4. The van der Waals surface area contributed by atoms with E-state index in [1.165, 1.54) is 20.3 Å². The van der Waals surface area contributed by atoms with Gasteiger partial charge in [-0.2, -0.15) is 5.26 Å². The Bertz CT molecular complexity index is 959. The van der Waals surface area contributed by atoms with Crippen LogP contribution in [0.4, 0.5) is 0 Å². The van der Waals surface area contributed by atoms with Gasteiger partial charge < -0.3 is 44.1 Å². The average Bonchev–Trinajstić information content (AvgIpc) is 2.89. The quantitative estimate of drug-likeness (QED) is 0.208. The molecule has 1 saturated carbocycles. The van der Waals surface area contributed by atoms with Gasteiger partial charge in [-0.1, -0.05) is 30.3 Å². The molecule has 36 heavy (non-hydrogen) atoms. The molecule has 2 fully saturated rings. The molecule has 1 aliphatic carbocycles. The molecular formula is C25H31NO10. The van der Waals surface area contributed by atoms with Crippen molar-refractivity contribution in [2.45, 2.75) is 61.5 Å². The Hall–Kier alpha value is -2.66. The molecule has 3 rings (SSSR count). The second-order valence-corrected chi connectivity index (χ2v) is 8.41. The van der Waals surface area contributed by atoms with E-state index in [1.807, 2.05) is 36.4 Å². The van der Waals surface area contributed by atoms with Crippen molar-refractivity contribution in [1.82, 2.24) is 0 Å². The molecule has 0 aromatic heterocycles. The summed E-state index contributed by atoms with van der Waals surface area (Å²) in [4.78, 5) is 12.7. The molecule has 1 aromatic carbocycles. The van der Waals surface area contributed by atoms with E-state index < -0.39 is 67.7 Å². The van der Waals surface area contributed by atoms with Gasteiger partial charge >= 0.3 is 5.97 Å². The molecule has 9 atom stereocenters. The maximum Gasteiger partial charge on any atom is 0.331 e. The van der Waals surface area contributed by atoms with Gasteiger partial charge in [-0.05, 0) is 11.6 Å². The van der Waals surface area contributed by atoms with Crippen molar-refractivity contribution in [3.05, 3.63) is 53.6 Å². The van der Waals surface area contributed by atoms with Crippen molar-refractivity contribution in [3.63, 3.8) is 0 Å². The molecule has 0 radical (unpaired) electrons. The summed E-state index contributed by atoms with van der Waals surface area (Å²) in [5.41, 5.74) is 1.02. The number of carbonyl (C=O) groups excluding carboxylic acids is 1. The lowest BCUT2D eigenvalue weighted by Crippen LogP contribution is -2.61. The first kappa shape index (κ1) is 27.9. The number of hydrogen-bond acceptors (Lipinski definition) is 11. The summed E-state index contributed by atoms with van der Waals surface area (Å²) in [7, 11) is 2.86. The lowest BCUT2D eigenvalue weighted by atomic mass is 9.84. The third-order valence-corrected chi connectivity index (χ3v) is 6.22. The highest BCUT2D eigenvalue weighted by molar-refractivity contribution is 5.87. The summed E-state index contributed by atoms with van der Waals surface area (Å²) < 4.78 is 28.1. The molecule has 0 bridgehead atoms. The number of allylic oxidation sites excluding steroid dienone is 1. The standard InChI is InChI=1S/C25H31NO10/c1-32-17-12-16(34-25-22(31)21(30)20(29)18(13-27)35-25)15(10-11-26)23(24(17)33-2)36-19(28)9-8-14-6-4-3-5-7-14/h3-10,16-18,20-25,27,29-31H,12-13H2,1-2H3/b9-8+,15-10-/t16-,17-,18+,20+,21-,22+,23-,24-,25+/m0/s1. The summed E-state index contributed by atoms with van der Waals surface area (Å²) >= 11 is 0. The fraction of sp³-hybridized carbons (Fsp3) is 0.520. The Kier molecular flexibility index (Phi) is 10.1. The third kappa shape index (κ3) is 6.36. The van der Waals surface area contributed by atoms with Gasteiger partial charge in [-0.3, -0.25) is 0 Å². The van der Waals surface area contributed by atoms with Crippen molar-refractivity contribution in [1.29, 1.82) is 5.26 Å². The summed E-state index contributed by atoms with van der Waals surface area (Å²) in [6, 6.07) is 11.0. The summed E-state index contributed by atoms with van der Waals surface area (Å²) in [5.74, 6) is -0.696. The van der Waals surface area contributed by atoms with Crippen molar-refractivity contribution in [3.8, 4) is 6.07 Å². The van der Waals surface area contributed by atoms with Crippen LogP contribution < -0.4 is 0 Å². The summed E-state index contributed by atoms with van der Waals surface area (Å²) in [6.45, 7) is -0.628. The van der Waals surface area contributed by atoms with E-state index in [2.05, 4.69) is 0 Å². The largest absolute Gasteiger partial charge is 0.452 e. The predicted molar refractivity (Wildman–Crippen MR) is 124 cm³/mol. The highest BCUT2D eigenvalue weighted by Gasteiger charge is 2.49. The minimum Gasteiger partial charge on any atom is -0.452 e. The lowest BCUT2D eigenvalue weighted by Gasteiger charge is -2.45. The fourth-order valence-electron chi connectivity index (χ4n) is 4.31. The van der Waals surface area contributed by atoms with E-state index in [1.54, 1.807) is 6.08 Å². The minimum atomic E-state index is -1.65. The molecule has 1 heterocycles. The Morgan fingerprint density at radius 2 is 1.86 bits per heavy atom. The number of carbonyl (C=O) groups is 1. The third-order valence-electron chi connectivity index (χ3n) is 6.22. The van der Waals surface area contributed by atoms with Crippen LogP contribution in [0.25, 0.3) is 6.08 Å². The van der Waals surface area contributed by atoms with Crippen LogP contribution in [0.3, 0.4) is 0 Å². The number of ether oxygens (including phenoxy) is 5. The summed E-state index contributed by atoms with van der Waals surface area (Å²) in [6.07, 6.45) is -6.84. The van der Waals surface area contributed by atoms with Crippen LogP contribution in [-0.4, -0.2) is 102 Å². The van der Waals surface area contributed by atoms with Crippen LogP contribution in [0.5, 0.6) is 0 Å². The van der Waals surface area contributed by atoms with Gasteiger partial charge in [0.15, 0.2) is 12.4 Å². The molecule has 2 aliphatic rings. The average molecular weight is 506 g/mol. The number of nitrogens with zero attached hydrogens (tertiary/aromatic N) is 1. The fourth-order valence-corrected chi connectivity index (χ4v) is 4.31. The van der Waals surface area contributed by atoms with Crippen LogP contribution >= 0.6 is 0 Å². The van der Waals surface area contributed by atoms with Crippen LogP contribution in [0.1, 0.15) is 12.0 Å². The Morgan fingerprint density at radius 1 is 1.14 bits per heavy atom. The van der Waals surface area contributed by atoms with Gasteiger partial charge in [0.05, 0.1) is 24.9 Å². The molecule has 0 unspecified atom stereocenters. The normalized spacial score (nSPS) is 36.0. The Labute approximate surface area is 208 Å². The lowest BCUT2D eigenvalue weighted by molar-refractivity contribution is -0.313. The smallest absolute Gasteiger partial charge is 0.331 e. The van der Waals surface area contributed by atoms with Crippen molar-refractivity contribution < 1.29 is 48.9 Å². The minimum absolute atomic E-state index is 0.130. The van der Waals surface area contributed by atoms with Gasteiger partial charge in [-0.25, -0.2) is 4.79 Å². The number of esters is 1. The first-order chi connectivity index (χ1) is 17.3. The second-order valence-electron chi connectivity index (χ2n) is 8.41. The van der Waals surface area contributed by atoms with E-state index in [-0.39, 0.29) is 12.0 Å².